The monoisotopic (exact) mass is 364 g/mol. The molecule has 0 spiro atoms. The molecule has 1 heterocycles. The molecule has 0 fully saturated rings. The molecule has 1 aliphatic heterocycles. The predicted molar refractivity (Wildman–Crippen MR) is 106 cm³/mol. The number of aliphatic hydroxyl groups excluding tert-OH is 1. The van der Waals surface area contributed by atoms with Crippen molar-refractivity contribution < 1.29 is 17.0 Å². The molecular formula is C21H34O3Si. The third kappa shape index (κ3) is 4.43. The Labute approximate surface area is 157 Å². The maximum atomic E-state index is 10.0. The fraction of sp³-hybridized carbons (Fsp3) is 0.619. The van der Waals surface area contributed by atoms with Crippen LogP contribution in [0.2, 0.25) is 18.1 Å². The van der Waals surface area contributed by atoms with E-state index < -0.39 is 21.2 Å². The zero-order chi connectivity index (χ0) is 20.6. The number of rotatable bonds is 8. The highest BCUT2D eigenvalue weighted by atomic mass is 28.4. The topological polar surface area (TPSA) is 38.7 Å². The van der Waals surface area contributed by atoms with Crippen molar-refractivity contribution in [2.75, 3.05) is 6.56 Å². The second kappa shape index (κ2) is 7.75. The van der Waals surface area contributed by atoms with E-state index >= 15 is 0 Å². The summed E-state index contributed by atoms with van der Waals surface area (Å²) >= 11 is 0. The van der Waals surface area contributed by atoms with Crippen molar-refractivity contribution in [3.63, 3.8) is 0 Å². The lowest BCUT2D eigenvalue weighted by molar-refractivity contribution is -0.122. The average molecular weight is 365 g/mol. The molecule has 0 bridgehead atoms. The molecule has 0 aromatic heterocycles. The fourth-order valence-electron chi connectivity index (χ4n) is 2.94. The predicted octanol–water partition coefficient (Wildman–Crippen LogP) is 5.74. The number of ether oxygens (including phenoxy) is 1. The van der Waals surface area contributed by atoms with Gasteiger partial charge in [-0.2, -0.15) is 0 Å². The minimum absolute atomic E-state index is 0.0712. The van der Waals surface area contributed by atoms with E-state index in [0.29, 0.717) is 24.3 Å². The summed E-state index contributed by atoms with van der Waals surface area (Å²) in [5.74, 6) is 0.396. The van der Waals surface area contributed by atoms with Gasteiger partial charge in [0.25, 0.3) is 0 Å². The van der Waals surface area contributed by atoms with Crippen molar-refractivity contribution in [1.29, 1.82) is 0 Å². The smallest absolute Gasteiger partial charge is 0.193 e. The van der Waals surface area contributed by atoms with Crippen LogP contribution in [0.15, 0.2) is 36.4 Å². The highest BCUT2D eigenvalue weighted by Crippen LogP contribution is 2.45. The summed E-state index contributed by atoms with van der Waals surface area (Å²) in [6, 6.07) is 7.61. The second-order valence-corrected chi connectivity index (χ2v) is 12.9. The van der Waals surface area contributed by atoms with Gasteiger partial charge in [-0.1, -0.05) is 64.1 Å². The Morgan fingerprint density at radius 1 is 1.36 bits per heavy atom. The van der Waals surface area contributed by atoms with Gasteiger partial charge in [0.2, 0.25) is 0 Å². The Hall–Kier alpha value is -0.943. The molecule has 0 radical (unpaired) electrons. The van der Waals surface area contributed by atoms with E-state index in [-0.39, 0.29) is 11.1 Å². The first-order valence-corrected chi connectivity index (χ1v) is 12.0. The highest BCUT2D eigenvalue weighted by molar-refractivity contribution is 6.74. The van der Waals surface area contributed by atoms with Gasteiger partial charge in [0.15, 0.2) is 14.6 Å². The van der Waals surface area contributed by atoms with Crippen molar-refractivity contribution in [1.82, 2.24) is 0 Å². The van der Waals surface area contributed by atoms with Crippen LogP contribution in [-0.2, 0) is 9.16 Å². The number of benzene rings is 1. The second-order valence-electron chi connectivity index (χ2n) is 8.34. The molecule has 1 aromatic rings. The largest absolute Gasteiger partial charge is 0.413 e. The number of aliphatic hydroxyl groups is 1. The number of hydrogen-bond donors (Lipinski definition) is 1. The van der Waals surface area contributed by atoms with Crippen molar-refractivity contribution in [3.05, 3.63) is 47.5 Å². The molecule has 25 heavy (non-hydrogen) atoms. The van der Waals surface area contributed by atoms with Crippen LogP contribution in [0.3, 0.4) is 0 Å². The van der Waals surface area contributed by atoms with Crippen LogP contribution < -0.4 is 0 Å². The van der Waals surface area contributed by atoms with Gasteiger partial charge in [0.05, 0.1) is 15.4 Å². The fourth-order valence-corrected chi connectivity index (χ4v) is 4.99. The lowest BCUT2D eigenvalue weighted by Crippen LogP contribution is -2.45. The molecule has 0 amide bonds. The Kier molecular flexibility index (Phi) is 5.41. The van der Waals surface area contributed by atoms with Crippen molar-refractivity contribution in [2.24, 2.45) is 5.92 Å². The van der Waals surface area contributed by atoms with Crippen LogP contribution in [0.25, 0.3) is 0 Å². The Balaban J connectivity index is 2.03. The summed E-state index contributed by atoms with van der Waals surface area (Å²) in [6.07, 6.45) is -0.164. The Morgan fingerprint density at radius 3 is 2.56 bits per heavy atom. The zero-order valence-corrected chi connectivity index (χ0v) is 17.4. The first-order chi connectivity index (χ1) is 12.3. The van der Waals surface area contributed by atoms with Gasteiger partial charge in [-0.05, 0) is 42.5 Å². The molecule has 0 saturated heterocycles. The van der Waals surface area contributed by atoms with E-state index in [1.54, 1.807) is 0 Å². The van der Waals surface area contributed by atoms with Gasteiger partial charge >= 0.3 is 0 Å². The molecule has 1 aromatic carbocycles. The summed E-state index contributed by atoms with van der Waals surface area (Å²) < 4.78 is 28.7. The van der Waals surface area contributed by atoms with Crippen LogP contribution in [0.5, 0.6) is 0 Å². The maximum absolute atomic E-state index is 10.0. The standard InChI is InChI=1S/C21H34O3Si/c1-15(2)21(4,5)25(6,7)23-14-16(3)12-13-19-17-10-8-9-11-18(17)20(22)24-19/h8-11,15,19-20,22H,3,12-14H2,1-2,4-7H3/i14D2. The molecule has 2 rings (SSSR count). The molecule has 1 aliphatic rings. The van der Waals surface area contributed by atoms with Gasteiger partial charge < -0.3 is 14.3 Å². The third-order valence-corrected chi connectivity index (χ3v) is 10.3. The molecule has 0 aliphatic carbocycles. The summed E-state index contributed by atoms with van der Waals surface area (Å²) in [6.45, 7) is 14.9. The SMILES string of the molecule is [2H]C([2H])(O[Si](C)(C)C(C)(C)C(C)C)C(=C)CCC1OC(O)c2ccccc21. The molecule has 4 heteroatoms. The summed E-state index contributed by atoms with van der Waals surface area (Å²) in [5.41, 5.74) is 2.18. The highest BCUT2D eigenvalue weighted by Gasteiger charge is 2.43. The third-order valence-electron chi connectivity index (χ3n) is 6.06. The number of hydrogen-bond acceptors (Lipinski definition) is 3. The van der Waals surface area contributed by atoms with Crippen LogP contribution in [0, 0.1) is 5.92 Å². The summed E-state index contributed by atoms with van der Waals surface area (Å²) in [5, 5.41) is 9.96. The van der Waals surface area contributed by atoms with Gasteiger partial charge in [-0.15, -0.1) is 0 Å². The molecule has 140 valence electrons. The minimum atomic E-state index is -2.33. The Morgan fingerprint density at radius 2 is 1.96 bits per heavy atom. The number of fused-ring (bicyclic) bond motifs is 1. The van der Waals surface area contributed by atoms with Crippen LogP contribution >= 0.6 is 0 Å². The normalized spacial score (nSPS) is 22.6. The maximum Gasteiger partial charge on any atom is 0.193 e. The van der Waals surface area contributed by atoms with Crippen molar-refractivity contribution in [3.8, 4) is 0 Å². The first-order valence-electron chi connectivity index (χ1n) is 10.1. The lowest BCUT2D eigenvalue weighted by Gasteiger charge is -2.42. The van der Waals surface area contributed by atoms with Crippen molar-refractivity contribution in [2.45, 2.75) is 71.1 Å². The van der Waals surface area contributed by atoms with E-state index in [2.05, 4.69) is 47.4 Å². The lowest BCUT2D eigenvalue weighted by atomic mass is 9.99. The van der Waals surface area contributed by atoms with Crippen LogP contribution in [0.1, 0.15) is 66.8 Å². The molecule has 1 N–H and O–H groups in total. The van der Waals surface area contributed by atoms with Crippen LogP contribution in [0.4, 0.5) is 0 Å². The van der Waals surface area contributed by atoms with E-state index in [9.17, 15) is 5.11 Å². The zero-order valence-electron chi connectivity index (χ0n) is 18.4. The summed E-state index contributed by atoms with van der Waals surface area (Å²) in [4.78, 5) is 0. The molecule has 2 atom stereocenters. The quantitative estimate of drug-likeness (QED) is 0.472. The molecular weight excluding hydrogens is 328 g/mol. The first kappa shape index (κ1) is 17.5. The van der Waals surface area contributed by atoms with E-state index in [1.165, 1.54) is 0 Å². The molecule has 0 saturated carbocycles. The average Bonchev–Trinajstić information content (AvgIpc) is 2.88. The van der Waals surface area contributed by atoms with Gasteiger partial charge in [0.1, 0.15) is 0 Å². The molecule has 3 nitrogen and oxygen atoms in total. The van der Waals surface area contributed by atoms with Gasteiger partial charge in [-0.25, -0.2) is 0 Å². The van der Waals surface area contributed by atoms with Crippen LogP contribution in [-0.4, -0.2) is 20.0 Å². The molecule has 2 unspecified atom stereocenters. The summed E-state index contributed by atoms with van der Waals surface area (Å²) in [7, 11) is -2.33. The Bertz CT molecular complexity index is 686. The van der Waals surface area contributed by atoms with E-state index in [0.717, 1.165) is 11.1 Å². The van der Waals surface area contributed by atoms with Gasteiger partial charge in [-0.3, -0.25) is 0 Å². The minimum Gasteiger partial charge on any atom is -0.413 e. The van der Waals surface area contributed by atoms with Gasteiger partial charge in [0, 0.05) is 5.56 Å². The van der Waals surface area contributed by atoms with E-state index in [4.69, 9.17) is 11.9 Å². The van der Waals surface area contributed by atoms with Crippen molar-refractivity contribution >= 4 is 8.32 Å². The van der Waals surface area contributed by atoms with E-state index in [1.807, 2.05) is 24.3 Å².